The Morgan fingerprint density at radius 1 is 1.06 bits per heavy atom. The van der Waals surface area contributed by atoms with Gasteiger partial charge in [0.2, 0.25) is 5.91 Å². The average molecular weight is 481 g/mol. The Hall–Kier alpha value is -3.26. The molecule has 4 rings (SSSR count). The van der Waals surface area contributed by atoms with Crippen LogP contribution >= 0.6 is 11.8 Å². The highest BCUT2D eigenvalue weighted by Gasteiger charge is 2.57. The van der Waals surface area contributed by atoms with Gasteiger partial charge in [0.05, 0.1) is 0 Å². The lowest BCUT2D eigenvalue weighted by atomic mass is 9.98. The van der Waals surface area contributed by atoms with Crippen molar-refractivity contribution in [2.75, 3.05) is 5.75 Å². The van der Waals surface area contributed by atoms with Gasteiger partial charge in [-0.2, -0.15) is 0 Å². The number of hydrogen-bond acceptors (Lipinski definition) is 6. The molecule has 0 saturated carbocycles. The first-order valence-corrected chi connectivity index (χ1v) is 12.1. The fourth-order valence-corrected chi connectivity index (χ4v) is 5.32. The maximum absolute atomic E-state index is 13.4. The smallest absolute Gasteiger partial charge is 0.408 e. The maximum Gasteiger partial charge on any atom is 0.408 e. The summed E-state index contributed by atoms with van der Waals surface area (Å²) in [5.41, 5.74) is 1.57. The molecule has 34 heavy (non-hydrogen) atoms. The highest BCUT2D eigenvalue weighted by Crippen LogP contribution is 2.41. The van der Waals surface area contributed by atoms with Crippen LogP contribution in [0.3, 0.4) is 0 Å². The molecule has 0 aromatic heterocycles. The summed E-state index contributed by atoms with van der Waals surface area (Å²) in [6.45, 7) is 9.29. The summed E-state index contributed by atoms with van der Waals surface area (Å²) >= 11 is 1.45. The van der Waals surface area contributed by atoms with Crippen LogP contribution in [-0.4, -0.2) is 51.7 Å². The molecule has 2 amide bonds. The van der Waals surface area contributed by atoms with Crippen LogP contribution in [0.5, 0.6) is 0 Å². The number of ether oxygens (including phenoxy) is 2. The number of amides is 2. The molecule has 2 aromatic carbocycles. The van der Waals surface area contributed by atoms with Crippen LogP contribution in [0.1, 0.15) is 38.0 Å². The zero-order valence-corrected chi connectivity index (χ0v) is 20.2. The number of esters is 1. The molecule has 0 aliphatic carbocycles. The van der Waals surface area contributed by atoms with Crippen molar-refractivity contribution < 1.29 is 23.9 Å². The van der Waals surface area contributed by atoms with Gasteiger partial charge in [-0.05, 0) is 37.5 Å². The summed E-state index contributed by atoms with van der Waals surface area (Å²) < 4.78 is 11.3. The SMILES string of the molecule is C=C1CSC2C(NC(=O)OC(C)(C)C)C(=O)N2C1C(=O)OC(c1ccccc1)c1ccccc1. The summed E-state index contributed by atoms with van der Waals surface area (Å²) in [5.74, 6) is -0.429. The minimum atomic E-state index is -0.912. The maximum atomic E-state index is 13.4. The van der Waals surface area contributed by atoms with Crippen molar-refractivity contribution in [3.8, 4) is 0 Å². The molecule has 2 aliphatic heterocycles. The normalized spacial score (nSPS) is 22.0. The molecule has 178 valence electrons. The van der Waals surface area contributed by atoms with Crippen LogP contribution in [0, 0.1) is 0 Å². The molecule has 8 heteroatoms. The van der Waals surface area contributed by atoms with Crippen LogP contribution in [0.2, 0.25) is 0 Å². The second kappa shape index (κ2) is 9.54. The van der Waals surface area contributed by atoms with Crippen molar-refractivity contribution in [2.45, 2.75) is 49.9 Å². The fourth-order valence-electron chi connectivity index (χ4n) is 4.02. The van der Waals surface area contributed by atoms with E-state index in [1.165, 1.54) is 16.7 Å². The summed E-state index contributed by atoms with van der Waals surface area (Å²) in [4.78, 5) is 40.0. The van der Waals surface area contributed by atoms with E-state index in [0.717, 1.165) is 11.1 Å². The van der Waals surface area contributed by atoms with Crippen molar-refractivity contribution in [2.24, 2.45) is 0 Å². The van der Waals surface area contributed by atoms with Crippen LogP contribution < -0.4 is 5.32 Å². The number of nitrogens with zero attached hydrogens (tertiary/aromatic N) is 1. The molecule has 2 saturated heterocycles. The number of nitrogens with one attached hydrogen (secondary N) is 1. The highest BCUT2D eigenvalue weighted by molar-refractivity contribution is 8.00. The Labute approximate surface area is 203 Å². The fraction of sp³-hybridized carbons (Fsp3) is 0.346. The molecule has 3 atom stereocenters. The van der Waals surface area contributed by atoms with E-state index in [1.807, 2.05) is 60.7 Å². The second-order valence-electron chi connectivity index (χ2n) is 9.27. The Kier molecular flexibility index (Phi) is 6.70. The number of alkyl carbamates (subject to hydrolysis) is 1. The minimum absolute atomic E-state index is 0.359. The highest BCUT2D eigenvalue weighted by atomic mass is 32.2. The van der Waals surface area contributed by atoms with Crippen LogP contribution in [0.25, 0.3) is 0 Å². The molecule has 0 radical (unpaired) electrons. The first-order chi connectivity index (χ1) is 16.2. The van der Waals surface area contributed by atoms with Gasteiger partial charge in [0.15, 0.2) is 12.1 Å². The van der Waals surface area contributed by atoms with Gasteiger partial charge in [-0.25, -0.2) is 9.59 Å². The Morgan fingerprint density at radius 2 is 1.62 bits per heavy atom. The van der Waals surface area contributed by atoms with E-state index in [0.29, 0.717) is 11.3 Å². The van der Waals surface area contributed by atoms with Gasteiger partial charge < -0.3 is 19.7 Å². The zero-order chi connectivity index (χ0) is 24.5. The number of hydrogen-bond donors (Lipinski definition) is 1. The minimum Gasteiger partial charge on any atom is -0.451 e. The number of benzene rings is 2. The van der Waals surface area contributed by atoms with Gasteiger partial charge >= 0.3 is 12.1 Å². The third-order valence-corrected chi connectivity index (χ3v) is 6.90. The third-order valence-electron chi connectivity index (χ3n) is 5.52. The van der Waals surface area contributed by atoms with Crippen LogP contribution in [0.4, 0.5) is 4.79 Å². The van der Waals surface area contributed by atoms with Crippen molar-refractivity contribution in [1.82, 2.24) is 10.2 Å². The topological polar surface area (TPSA) is 84.9 Å². The van der Waals surface area contributed by atoms with E-state index in [-0.39, 0.29) is 5.91 Å². The lowest BCUT2D eigenvalue weighted by molar-refractivity contribution is -0.164. The second-order valence-corrected chi connectivity index (χ2v) is 10.4. The molecule has 2 fully saturated rings. The number of fused-ring (bicyclic) bond motifs is 1. The molecule has 1 N–H and O–H groups in total. The number of carbonyl (C=O) groups is 3. The molecule has 2 aliphatic rings. The standard InChI is InChI=1S/C26H28N2O5S/c1-16-15-34-23-19(27-25(31)33-26(2,3)4)22(29)28(23)20(16)24(30)32-21(17-11-7-5-8-12-17)18-13-9-6-10-14-18/h5-14,19-21,23H,1,15H2,2-4H3,(H,27,31). The van der Waals surface area contributed by atoms with E-state index in [9.17, 15) is 14.4 Å². The van der Waals surface area contributed by atoms with Gasteiger partial charge in [0.25, 0.3) is 0 Å². The molecule has 3 unspecified atom stereocenters. The van der Waals surface area contributed by atoms with Crippen LogP contribution in [0.15, 0.2) is 72.8 Å². The zero-order valence-electron chi connectivity index (χ0n) is 19.4. The molecule has 0 spiro atoms. The first kappa shape index (κ1) is 23.9. The largest absolute Gasteiger partial charge is 0.451 e. The van der Waals surface area contributed by atoms with Gasteiger partial charge in [0.1, 0.15) is 17.0 Å². The van der Waals surface area contributed by atoms with Crippen molar-refractivity contribution in [1.29, 1.82) is 0 Å². The lowest BCUT2D eigenvalue weighted by Gasteiger charge is -2.52. The van der Waals surface area contributed by atoms with Crippen molar-refractivity contribution in [3.05, 3.63) is 83.9 Å². The average Bonchev–Trinajstić information content (AvgIpc) is 2.80. The first-order valence-electron chi connectivity index (χ1n) is 11.1. The molecular weight excluding hydrogens is 452 g/mol. The van der Waals surface area contributed by atoms with Gasteiger partial charge in [-0.15, -0.1) is 11.8 Å². The van der Waals surface area contributed by atoms with Crippen molar-refractivity contribution in [3.63, 3.8) is 0 Å². The Morgan fingerprint density at radius 3 is 2.15 bits per heavy atom. The number of β-lactam (4-membered cyclic amide) rings is 1. The van der Waals surface area contributed by atoms with Gasteiger partial charge in [-0.3, -0.25) is 4.79 Å². The Balaban J connectivity index is 1.52. The van der Waals surface area contributed by atoms with E-state index in [1.54, 1.807) is 20.8 Å². The number of carbonyl (C=O) groups excluding carboxylic acids is 3. The summed E-state index contributed by atoms with van der Waals surface area (Å²) in [5, 5.41) is 2.24. The quantitative estimate of drug-likeness (QED) is 0.395. The van der Waals surface area contributed by atoms with Crippen molar-refractivity contribution >= 4 is 29.7 Å². The van der Waals surface area contributed by atoms with E-state index < -0.39 is 41.2 Å². The summed E-state index contributed by atoms with van der Waals surface area (Å²) in [6.07, 6.45) is -1.29. The molecular formula is C26H28N2O5S. The molecule has 2 aromatic rings. The predicted molar refractivity (Wildman–Crippen MR) is 130 cm³/mol. The van der Waals surface area contributed by atoms with E-state index in [4.69, 9.17) is 9.47 Å². The van der Waals surface area contributed by atoms with Gasteiger partial charge in [0, 0.05) is 5.75 Å². The Bertz CT molecular complexity index is 1040. The number of rotatable bonds is 5. The lowest BCUT2D eigenvalue weighted by Crippen LogP contribution is -2.74. The number of thioether (sulfide) groups is 1. The molecule has 0 bridgehead atoms. The summed E-state index contributed by atoms with van der Waals surface area (Å²) in [7, 11) is 0. The molecule has 7 nitrogen and oxygen atoms in total. The van der Waals surface area contributed by atoms with Gasteiger partial charge in [-0.1, -0.05) is 67.2 Å². The monoisotopic (exact) mass is 480 g/mol. The van der Waals surface area contributed by atoms with Crippen LogP contribution in [-0.2, 0) is 19.1 Å². The van der Waals surface area contributed by atoms with E-state index >= 15 is 0 Å². The predicted octanol–water partition coefficient (Wildman–Crippen LogP) is 4.05. The van der Waals surface area contributed by atoms with E-state index in [2.05, 4.69) is 11.9 Å². The third kappa shape index (κ3) is 4.97. The molecule has 2 heterocycles. The summed E-state index contributed by atoms with van der Waals surface area (Å²) in [6, 6.07) is 17.3.